The highest BCUT2D eigenvalue weighted by molar-refractivity contribution is 5.93. The number of carbonyl (C=O) groups is 1. The van der Waals surface area contributed by atoms with Crippen molar-refractivity contribution >= 4 is 5.97 Å². The third kappa shape index (κ3) is 1.17. The SMILES string of the molecule is N#CC[C@H]1OC(=O)c2ccccc21. The number of esters is 1. The summed E-state index contributed by atoms with van der Waals surface area (Å²) >= 11 is 0. The van der Waals surface area contributed by atoms with E-state index in [1.165, 1.54) is 0 Å². The van der Waals surface area contributed by atoms with Gasteiger partial charge < -0.3 is 4.74 Å². The van der Waals surface area contributed by atoms with Crippen molar-refractivity contribution < 1.29 is 9.53 Å². The fourth-order valence-corrected chi connectivity index (χ4v) is 1.45. The lowest BCUT2D eigenvalue weighted by Gasteiger charge is -2.03. The van der Waals surface area contributed by atoms with Crippen molar-refractivity contribution in [1.82, 2.24) is 0 Å². The highest BCUT2D eigenvalue weighted by atomic mass is 16.5. The molecule has 0 saturated heterocycles. The molecular weight excluding hydrogens is 166 g/mol. The standard InChI is InChI=1S/C10H7NO2/c11-6-5-9-7-3-1-2-4-8(7)10(12)13-9/h1-4,9H,5H2/t9-/m1/s1. The Morgan fingerprint density at radius 3 is 3.00 bits per heavy atom. The molecule has 0 aliphatic carbocycles. The Balaban J connectivity index is 2.42. The molecule has 3 heteroatoms. The smallest absolute Gasteiger partial charge is 0.339 e. The Hall–Kier alpha value is -1.82. The summed E-state index contributed by atoms with van der Waals surface area (Å²) < 4.78 is 5.01. The van der Waals surface area contributed by atoms with Crippen molar-refractivity contribution in [2.45, 2.75) is 12.5 Å². The lowest BCUT2D eigenvalue weighted by atomic mass is 10.0. The van der Waals surface area contributed by atoms with E-state index in [0.29, 0.717) is 5.56 Å². The van der Waals surface area contributed by atoms with Gasteiger partial charge in [0, 0.05) is 5.56 Å². The fraction of sp³-hybridized carbons (Fsp3) is 0.200. The van der Waals surface area contributed by atoms with Crippen LogP contribution in [0.1, 0.15) is 28.4 Å². The first kappa shape index (κ1) is 7.81. The molecule has 0 bridgehead atoms. The van der Waals surface area contributed by atoms with Crippen LogP contribution in [0.3, 0.4) is 0 Å². The van der Waals surface area contributed by atoms with Gasteiger partial charge in [0.25, 0.3) is 0 Å². The minimum absolute atomic E-state index is 0.225. The Morgan fingerprint density at radius 2 is 2.23 bits per heavy atom. The predicted octanol–water partition coefficient (Wildman–Crippen LogP) is 1.81. The van der Waals surface area contributed by atoms with Crippen LogP contribution in [-0.2, 0) is 4.74 Å². The van der Waals surface area contributed by atoms with E-state index in [-0.39, 0.29) is 18.5 Å². The van der Waals surface area contributed by atoms with E-state index in [4.69, 9.17) is 10.00 Å². The molecule has 13 heavy (non-hydrogen) atoms. The number of nitrogens with zero attached hydrogens (tertiary/aromatic N) is 1. The van der Waals surface area contributed by atoms with Crippen LogP contribution in [0.4, 0.5) is 0 Å². The van der Waals surface area contributed by atoms with Gasteiger partial charge in [-0.25, -0.2) is 4.79 Å². The van der Waals surface area contributed by atoms with Crippen LogP contribution < -0.4 is 0 Å². The van der Waals surface area contributed by atoms with E-state index in [2.05, 4.69) is 0 Å². The highest BCUT2D eigenvalue weighted by Gasteiger charge is 2.29. The van der Waals surface area contributed by atoms with Crippen molar-refractivity contribution in [2.75, 3.05) is 0 Å². The number of rotatable bonds is 1. The Labute approximate surface area is 75.6 Å². The van der Waals surface area contributed by atoms with Crippen molar-refractivity contribution in [1.29, 1.82) is 5.26 Å². The van der Waals surface area contributed by atoms with Gasteiger partial charge in [-0.1, -0.05) is 18.2 Å². The molecule has 0 fully saturated rings. The second kappa shape index (κ2) is 2.91. The monoisotopic (exact) mass is 173 g/mol. The second-order valence-electron chi connectivity index (χ2n) is 2.84. The quantitative estimate of drug-likeness (QED) is 0.608. The van der Waals surface area contributed by atoms with Gasteiger partial charge in [0.1, 0.15) is 6.10 Å². The predicted molar refractivity (Wildman–Crippen MR) is 44.8 cm³/mol. The number of benzene rings is 1. The van der Waals surface area contributed by atoms with Crippen LogP contribution in [0.25, 0.3) is 0 Å². The van der Waals surface area contributed by atoms with Crippen LogP contribution in [0.15, 0.2) is 24.3 Å². The molecule has 0 unspecified atom stereocenters. The first-order valence-corrected chi connectivity index (χ1v) is 4.00. The van der Waals surface area contributed by atoms with E-state index in [0.717, 1.165) is 5.56 Å². The molecule has 0 saturated carbocycles. The molecule has 1 aliphatic rings. The summed E-state index contributed by atoms with van der Waals surface area (Å²) in [6, 6.07) is 9.16. The summed E-state index contributed by atoms with van der Waals surface area (Å²) in [7, 11) is 0. The number of cyclic esters (lactones) is 1. The molecule has 3 nitrogen and oxygen atoms in total. The molecule has 0 spiro atoms. The van der Waals surface area contributed by atoms with Gasteiger partial charge in [0.05, 0.1) is 18.1 Å². The van der Waals surface area contributed by atoms with Crippen LogP contribution in [0.5, 0.6) is 0 Å². The largest absolute Gasteiger partial charge is 0.453 e. The molecular formula is C10H7NO2. The molecule has 1 heterocycles. The average molecular weight is 173 g/mol. The lowest BCUT2D eigenvalue weighted by Crippen LogP contribution is -1.96. The Bertz CT molecular complexity index is 392. The van der Waals surface area contributed by atoms with Gasteiger partial charge in [-0.2, -0.15) is 5.26 Å². The summed E-state index contributed by atoms with van der Waals surface area (Å²) in [6.07, 6.45) is -0.142. The lowest BCUT2D eigenvalue weighted by molar-refractivity contribution is 0.0395. The van der Waals surface area contributed by atoms with Gasteiger partial charge in [0.15, 0.2) is 0 Å². The van der Waals surface area contributed by atoms with Gasteiger partial charge in [-0.3, -0.25) is 0 Å². The molecule has 64 valence electrons. The molecule has 1 aromatic carbocycles. The number of fused-ring (bicyclic) bond motifs is 1. The van der Waals surface area contributed by atoms with Crippen molar-refractivity contribution in [3.63, 3.8) is 0 Å². The zero-order valence-electron chi connectivity index (χ0n) is 6.86. The van der Waals surface area contributed by atoms with Crippen LogP contribution in [0, 0.1) is 11.3 Å². The maximum atomic E-state index is 11.2. The van der Waals surface area contributed by atoms with Crippen LogP contribution >= 0.6 is 0 Å². The number of ether oxygens (including phenoxy) is 1. The number of nitriles is 1. The molecule has 1 aromatic rings. The maximum Gasteiger partial charge on any atom is 0.339 e. The molecule has 0 amide bonds. The summed E-state index contributed by atoms with van der Waals surface area (Å²) in [4.78, 5) is 11.2. The summed E-state index contributed by atoms with van der Waals surface area (Å²) in [5.41, 5.74) is 1.41. The van der Waals surface area contributed by atoms with Crippen molar-refractivity contribution in [3.05, 3.63) is 35.4 Å². The number of hydrogen-bond donors (Lipinski definition) is 0. The fourth-order valence-electron chi connectivity index (χ4n) is 1.45. The van der Waals surface area contributed by atoms with Gasteiger partial charge in [-0.15, -0.1) is 0 Å². The van der Waals surface area contributed by atoms with E-state index in [1.807, 2.05) is 18.2 Å². The van der Waals surface area contributed by atoms with E-state index >= 15 is 0 Å². The summed E-state index contributed by atoms with van der Waals surface area (Å²) in [6.45, 7) is 0. The van der Waals surface area contributed by atoms with Gasteiger partial charge in [-0.05, 0) is 6.07 Å². The van der Waals surface area contributed by atoms with Crippen molar-refractivity contribution in [2.24, 2.45) is 0 Å². The van der Waals surface area contributed by atoms with Crippen molar-refractivity contribution in [3.8, 4) is 6.07 Å². The first-order valence-electron chi connectivity index (χ1n) is 4.00. The molecule has 0 N–H and O–H groups in total. The molecule has 1 atom stereocenters. The number of hydrogen-bond acceptors (Lipinski definition) is 3. The van der Waals surface area contributed by atoms with Crippen LogP contribution in [0.2, 0.25) is 0 Å². The van der Waals surface area contributed by atoms with Gasteiger partial charge >= 0.3 is 5.97 Å². The third-order valence-corrected chi connectivity index (χ3v) is 2.05. The summed E-state index contributed by atoms with van der Waals surface area (Å²) in [5.74, 6) is -0.323. The molecule has 1 aliphatic heterocycles. The van der Waals surface area contributed by atoms with E-state index in [9.17, 15) is 4.79 Å². The zero-order chi connectivity index (χ0) is 9.26. The topological polar surface area (TPSA) is 50.1 Å². The van der Waals surface area contributed by atoms with E-state index < -0.39 is 0 Å². The van der Waals surface area contributed by atoms with Gasteiger partial charge in [0.2, 0.25) is 0 Å². The molecule has 2 rings (SSSR count). The Morgan fingerprint density at radius 1 is 1.46 bits per heavy atom. The third-order valence-electron chi connectivity index (χ3n) is 2.05. The minimum Gasteiger partial charge on any atom is -0.453 e. The molecule has 0 aromatic heterocycles. The maximum absolute atomic E-state index is 11.2. The zero-order valence-corrected chi connectivity index (χ0v) is 6.86. The second-order valence-corrected chi connectivity index (χ2v) is 2.84. The Kier molecular flexibility index (Phi) is 1.75. The number of carbonyl (C=O) groups excluding carboxylic acids is 1. The minimum atomic E-state index is -0.367. The van der Waals surface area contributed by atoms with Crippen LogP contribution in [-0.4, -0.2) is 5.97 Å². The first-order chi connectivity index (χ1) is 6.33. The normalized spacial score (nSPS) is 19.0. The molecule has 0 radical (unpaired) electrons. The highest BCUT2D eigenvalue weighted by Crippen LogP contribution is 2.32. The van der Waals surface area contributed by atoms with E-state index in [1.54, 1.807) is 12.1 Å². The summed E-state index contributed by atoms with van der Waals surface area (Å²) in [5, 5.41) is 8.50. The average Bonchev–Trinajstić information content (AvgIpc) is 2.46.